The molecule has 0 heterocycles. The van der Waals surface area contributed by atoms with Crippen LogP contribution in [0.2, 0.25) is 0 Å². The summed E-state index contributed by atoms with van der Waals surface area (Å²) in [7, 11) is 3.05. The number of benzene rings is 4. The van der Waals surface area contributed by atoms with Gasteiger partial charge < -0.3 is 29.9 Å². The Balaban J connectivity index is 1.59. The van der Waals surface area contributed by atoms with Gasteiger partial charge in [-0.2, -0.15) is 10.2 Å². The molecule has 182 valence electrons. The van der Waals surface area contributed by atoms with Crippen molar-refractivity contribution in [1.29, 1.82) is 0 Å². The number of ether oxygens (including phenoxy) is 2. The summed E-state index contributed by atoms with van der Waals surface area (Å²) in [6.45, 7) is 0. The molecule has 0 unspecified atom stereocenters. The Morgan fingerprint density at radius 3 is 1.25 bits per heavy atom. The molecule has 0 radical (unpaired) electrons. The highest BCUT2D eigenvalue weighted by Gasteiger charge is 2.10. The van der Waals surface area contributed by atoms with Gasteiger partial charge in [0.1, 0.15) is 22.9 Å². The third kappa shape index (κ3) is 5.33. The topological polar surface area (TPSA) is 149 Å². The summed E-state index contributed by atoms with van der Waals surface area (Å²) in [6, 6.07) is 19.1. The molecule has 0 aliphatic carbocycles. The zero-order valence-electron chi connectivity index (χ0n) is 19.3. The van der Waals surface area contributed by atoms with Gasteiger partial charge in [-0.05, 0) is 59.7 Å². The van der Waals surface area contributed by atoms with Crippen LogP contribution in [0.1, 0.15) is 0 Å². The summed E-state index contributed by atoms with van der Waals surface area (Å²) in [6.07, 6.45) is 0. The number of hydrogen-bond donors (Lipinski definition) is 4. The highest BCUT2D eigenvalue weighted by Crippen LogP contribution is 2.38. The lowest BCUT2D eigenvalue weighted by atomic mass is 10.0. The van der Waals surface area contributed by atoms with Gasteiger partial charge in [-0.1, -0.05) is 12.1 Å². The third-order valence-corrected chi connectivity index (χ3v) is 5.16. The van der Waals surface area contributed by atoms with Crippen molar-refractivity contribution in [2.24, 2.45) is 20.5 Å². The molecule has 4 aromatic rings. The molecule has 4 N–H and O–H groups in total. The normalized spacial score (nSPS) is 11.3. The number of nitrogens with zero attached hydrogens (tertiary/aromatic N) is 4. The van der Waals surface area contributed by atoms with Crippen LogP contribution in [-0.4, -0.2) is 34.6 Å². The van der Waals surface area contributed by atoms with Gasteiger partial charge in [0.2, 0.25) is 0 Å². The first kappa shape index (κ1) is 24.0. The van der Waals surface area contributed by atoms with E-state index in [4.69, 9.17) is 9.47 Å². The number of phenolic OH excluding ortho intramolecular Hbond substituents is 4. The summed E-state index contributed by atoms with van der Waals surface area (Å²) in [5, 5.41) is 54.6. The van der Waals surface area contributed by atoms with Crippen molar-refractivity contribution in [2.75, 3.05) is 14.2 Å². The van der Waals surface area contributed by atoms with Gasteiger partial charge in [0, 0.05) is 12.1 Å². The van der Waals surface area contributed by atoms with E-state index in [9.17, 15) is 20.4 Å². The van der Waals surface area contributed by atoms with E-state index in [1.165, 1.54) is 50.6 Å². The van der Waals surface area contributed by atoms with Crippen LogP contribution in [0.3, 0.4) is 0 Å². The molecule has 0 saturated heterocycles. The van der Waals surface area contributed by atoms with Crippen molar-refractivity contribution in [3.05, 3.63) is 72.8 Å². The minimum atomic E-state index is -0.285. The number of aromatic hydroxyl groups is 4. The van der Waals surface area contributed by atoms with Crippen LogP contribution in [0.4, 0.5) is 22.7 Å². The lowest BCUT2D eigenvalue weighted by molar-refractivity contribution is 0.404. The maximum atomic E-state index is 9.62. The molecule has 10 nitrogen and oxygen atoms in total. The van der Waals surface area contributed by atoms with E-state index in [1.54, 1.807) is 24.3 Å². The van der Waals surface area contributed by atoms with Crippen LogP contribution in [0.25, 0.3) is 11.1 Å². The second-order valence-electron chi connectivity index (χ2n) is 7.52. The third-order valence-electron chi connectivity index (χ3n) is 5.16. The number of phenols is 4. The van der Waals surface area contributed by atoms with Crippen molar-refractivity contribution in [2.45, 2.75) is 0 Å². The van der Waals surface area contributed by atoms with E-state index in [-0.39, 0.29) is 23.0 Å². The first-order valence-corrected chi connectivity index (χ1v) is 10.6. The lowest BCUT2D eigenvalue weighted by Crippen LogP contribution is -1.87. The van der Waals surface area contributed by atoms with Gasteiger partial charge in [-0.15, -0.1) is 10.2 Å². The minimum absolute atomic E-state index is 0.238. The van der Waals surface area contributed by atoms with Crippen LogP contribution >= 0.6 is 0 Å². The van der Waals surface area contributed by atoms with E-state index in [0.717, 1.165) is 11.1 Å². The Bertz CT molecular complexity index is 1360. The summed E-state index contributed by atoms with van der Waals surface area (Å²) >= 11 is 0. The molecule has 0 amide bonds. The quantitative estimate of drug-likeness (QED) is 0.163. The van der Waals surface area contributed by atoms with Gasteiger partial charge in [0.25, 0.3) is 0 Å². The number of rotatable bonds is 7. The molecule has 0 fully saturated rings. The lowest BCUT2D eigenvalue weighted by Gasteiger charge is -2.10. The fraction of sp³-hybridized carbons (Fsp3) is 0.0769. The Morgan fingerprint density at radius 2 is 0.889 bits per heavy atom. The average Bonchev–Trinajstić information content (AvgIpc) is 2.89. The first-order valence-electron chi connectivity index (χ1n) is 10.6. The molecule has 0 atom stereocenters. The van der Waals surface area contributed by atoms with Gasteiger partial charge in [0.15, 0.2) is 23.0 Å². The fourth-order valence-electron chi connectivity index (χ4n) is 3.25. The van der Waals surface area contributed by atoms with Gasteiger partial charge in [-0.25, -0.2) is 0 Å². The monoisotopic (exact) mass is 486 g/mol. The summed E-state index contributed by atoms with van der Waals surface area (Å²) in [4.78, 5) is 0. The van der Waals surface area contributed by atoms with Crippen LogP contribution in [-0.2, 0) is 0 Å². The Labute approximate surface area is 206 Å². The maximum absolute atomic E-state index is 9.62. The molecule has 10 heteroatoms. The van der Waals surface area contributed by atoms with Crippen molar-refractivity contribution in [3.63, 3.8) is 0 Å². The van der Waals surface area contributed by atoms with Crippen LogP contribution in [0, 0.1) is 0 Å². The van der Waals surface area contributed by atoms with Crippen molar-refractivity contribution in [3.8, 4) is 45.6 Å². The summed E-state index contributed by atoms with van der Waals surface area (Å²) < 4.78 is 11.0. The second kappa shape index (κ2) is 10.4. The van der Waals surface area contributed by atoms with Gasteiger partial charge in [-0.3, -0.25) is 0 Å². The highest BCUT2D eigenvalue weighted by atomic mass is 16.5. The largest absolute Gasteiger partial charge is 0.504 e. The Kier molecular flexibility index (Phi) is 6.96. The van der Waals surface area contributed by atoms with Crippen LogP contribution in [0.15, 0.2) is 93.3 Å². The maximum Gasteiger partial charge on any atom is 0.159 e. The molecule has 0 spiro atoms. The zero-order valence-corrected chi connectivity index (χ0v) is 19.3. The summed E-state index contributed by atoms with van der Waals surface area (Å²) in [5.74, 6) is -0.0843. The minimum Gasteiger partial charge on any atom is -0.504 e. The van der Waals surface area contributed by atoms with E-state index in [1.807, 2.05) is 12.1 Å². The molecule has 0 aliphatic rings. The molecule has 0 aromatic heterocycles. The Hall–Kier alpha value is -5.12. The molecule has 0 aliphatic heterocycles. The van der Waals surface area contributed by atoms with Crippen molar-refractivity contribution in [1.82, 2.24) is 0 Å². The van der Waals surface area contributed by atoms with Crippen LogP contribution < -0.4 is 9.47 Å². The Morgan fingerprint density at radius 1 is 0.472 bits per heavy atom. The zero-order chi connectivity index (χ0) is 25.7. The number of azo groups is 2. The van der Waals surface area contributed by atoms with Gasteiger partial charge >= 0.3 is 0 Å². The van der Waals surface area contributed by atoms with E-state index in [0.29, 0.717) is 34.2 Å². The smallest absolute Gasteiger partial charge is 0.159 e. The molecule has 0 saturated carbocycles. The predicted molar refractivity (Wildman–Crippen MR) is 133 cm³/mol. The molecule has 36 heavy (non-hydrogen) atoms. The number of methoxy groups -OCH3 is 2. The standard InChI is InChI=1S/C26H22N4O6/c1-35-25-11-15(3-7-19(25)29-27-17-5-9-21(31)23(33)13-17)16-4-8-20(26(12-16)36-2)30-28-18-6-10-22(32)24(34)14-18/h3-14,31-34H,1-2H3. The van der Waals surface area contributed by atoms with Crippen molar-refractivity contribution < 1.29 is 29.9 Å². The van der Waals surface area contributed by atoms with E-state index in [2.05, 4.69) is 20.5 Å². The fourth-order valence-corrected chi connectivity index (χ4v) is 3.25. The SMILES string of the molecule is COc1cc(-c2ccc(N=Nc3ccc(O)c(O)c3)c(OC)c2)ccc1N=Nc1ccc(O)c(O)c1. The van der Waals surface area contributed by atoms with E-state index < -0.39 is 0 Å². The number of hydrogen-bond acceptors (Lipinski definition) is 10. The molecule has 4 rings (SSSR count). The predicted octanol–water partition coefficient (Wildman–Crippen LogP) is 7.02. The van der Waals surface area contributed by atoms with E-state index >= 15 is 0 Å². The molecular formula is C26H22N4O6. The second-order valence-corrected chi connectivity index (χ2v) is 7.52. The first-order chi connectivity index (χ1) is 17.4. The molecule has 0 bridgehead atoms. The molecular weight excluding hydrogens is 464 g/mol. The highest BCUT2D eigenvalue weighted by molar-refractivity contribution is 5.73. The molecule has 4 aromatic carbocycles. The average molecular weight is 486 g/mol. The summed E-state index contributed by atoms with van der Waals surface area (Å²) in [5.41, 5.74) is 3.35. The van der Waals surface area contributed by atoms with Crippen molar-refractivity contribution >= 4 is 22.7 Å². The van der Waals surface area contributed by atoms with Crippen LogP contribution in [0.5, 0.6) is 34.5 Å². The van der Waals surface area contributed by atoms with Gasteiger partial charge in [0.05, 0.1) is 25.6 Å².